The van der Waals surface area contributed by atoms with Crippen molar-refractivity contribution in [3.63, 3.8) is 0 Å². The molecule has 8 heteroatoms. The van der Waals surface area contributed by atoms with Crippen LogP contribution in [0.3, 0.4) is 0 Å². The Kier molecular flexibility index (Phi) is 5.34. The molecule has 1 N–H and O–H groups in total. The average Bonchev–Trinajstić information content (AvgIpc) is 3.44. The molecule has 0 bridgehead atoms. The van der Waals surface area contributed by atoms with Crippen molar-refractivity contribution in [1.82, 2.24) is 14.7 Å². The molecule has 0 radical (unpaired) electrons. The lowest BCUT2D eigenvalue weighted by Gasteiger charge is -2.32. The fourth-order valence-electron chi connectivity index (χ4n) is 3.59. The first-order valence-electron chi connectivity index (χ1n) is 10.4. The summed E-state index contributed by atoms with van der Waals surface area (Å²) in [4.78, 5) is 26.8. The van der Waals surface area contributed by atoms with Gasteiger partial charge in [-0.2, -0.15) is 5.10 Å². The monoisotopic (exact) mass is 416 g/mol. The largest absolute Gasteiger partial charge is 0.338 e. The Labute approximate surface area is 174 Å². The van der Waals surface area contributed by atoms with E-state index in [1.165, 1.54) is 4.90 Å². The first-order chi connectivity index (χ1) is 14.2. The van der Waals surface area contributed by atoms with Crippen molar-refractivity contribution in [3.8, 4) is 11.3 Å². The fraction of sp³-hybridized carbons (Fsp3) is 0.500. The molecule has 1 aromatic heterocycles. The number of likely N-dealkylation sites (tertiary alicyclic amines) is 1. The number of benzene rings is 1. The SMILES string of the molecule is CC(C)n1ccc(-c2cc(NC(=O)C3CC3)ccc2C(=O)N2CCC(F)(F)CC2)n1. The number of hydrogen-bond acceptors (Lipinski definition) is 3. The molecule has 2 amide bonds. The molecule has 1 aliphatic heterocycles. The average molecular weight is 416 g/mol. The van der Waals surface area contributed by atoms with Gasteiger partial charge in [0.15, 0.2) is 0 Å². The molecule has 1 aromatic carbocycles. The molecular weight excluding hydrogens is 390 g/mol. The summed E-state index contributed by atoms with van der Waals surface area (Å²) < 4.78 is 28.8. The molecule has 0 atom stereocenters. The Morgan fingerprint density at radius 3 is 2.47 bits per heavy atom. The third-order valence-electron chi connectivity index (χ3n) is 5.66. The predicted molar refractivity (Wildman–Crippen MR) is 109 cm³/mol. The van der Waals surface area contributed by atoms with E-state index < -0.39 is 5.92 Å². The van der Waals surface area contributed by atoms with Crippen molar-refractivity contribution in [1.29, 1.82) is 0 Å². The van der Waals surface area contributed by atoms with Crippen LogP contribution in [0, 0.1) is 5.92 Å². The number of nitrogens with zero attached hydrogens (tertiary/aromatic N) is 3. The van der Waals surface area contributed by atoms with E-state index in [1.54, 1.807) is 22.9 Å². The second-order valence-electron chi connectivity index (χ2n) is 8.45. The van der Waals surface area contributed by atoms with Gasteiger partial charge in [-0.25, -0.2) is 8.78 Å². The van der Waals surface area contributed by atoms with E-state index in [0.29, 0.717) is 22.5 Å². The van der Waals surface area contributed by atoms with Gasteiger partial charge in [0.1, 0.15) is 0 Å². The first kappa shape index (κ1) is 20.5. The van der Waals surface area contributed by atoms with Crippen LogP contribution in [0.4, 0.5) is 14.5 Å². The summed E-state index contributed by atoms with van der Waals surface area (Å²) in [6.45, 7) is 4.05. The van der Waals surface area contributed by atoms with E-state index in [2.05, 4.69) is 10.4 Å². The maximum atomic E-state index is 13.5. The molecule has 2 aromatic rings. The van der Waals surface area contributed by atoms with Crippen LogP contribution in [0.25, 0.3) is 11.3 Å². The van der Waals surface area contributed by atoms with E-state index in [0.717, 1.165) is 12.8 Å². The third kappa shape index (κ3) is 4.37. The van der Waals surface area contributed by atoms with Crippen LogP contribution in [-0.4, -0.2) is 45.5 Å². The number of carbonyl (C=O) groups is 2. The van der Waals surface area contributed by atoms with Crippen LogP contribution in [-0.2, 0) is 4.79 Å². The Bertz CT molecular complexity index is 956. The van der Waals surface area contributed by atoms with Gasteiger partial charge < -0.3 is 10.2 Å². The minimum absolute atomic E-state index is 0.0197. The summed E-state index contributed by atoms with van der Waals surface area (Å²) in [6.07, 6.45) is 2.98. The van der Waals surface area contributed by atoms with Gasteiger partial charge in [0, 0.05) is 60.9 Å². The number of anilines is 1. The van der Waals surface area contributed by atoms with Crippen LogP contribution in [0.15, 0.2) is 30.5 Å². The molecule has 1 aliphatic carbocycles. The smallest absolute Gasteiger partial charge is 0.254 e. The van der Waals surface area contributed by atoms with Crippen LogP contribution < -0.4 is 5.32 Å². The van der Waals surface area contributed by atoms with Gasteiger partial charge in [-0.05, 0) is 51.0 Å². The number of piperidine rings is 1. The summed E-state index contributed by atoms with van der Waals surface area (Å²) in [5.74, 6) is -2.97. The first-order valence-corrected chi connectivity index (χ1v) is 10.4. The highest BCUT2D eigenvalue weighted by Crippen LogP contribution is 2.33. The minimum atomic E-state index is -2.72. The summed E-state index contributed by atoms with van der Waals surface area (Å²) in [5, 5.41) is 7.47. The normalized spacial score (nSPS) is 18.5. The Balaban J connectivity index is 1.65. The number of rotatable bonds is 5. The van der Waals surface area contributed by atoms with Crippen molar-refractivity contribution in [2.75, 3.05) is 18.4 Å². The predicted octanol–water partition coefficient (Wildman–Crippen LogP) is 4.35. The number of amides is 2. The number of carbonyl (C=O) groups excluding carboxylic acids is 2. The minimum Gasteiger partial charge on any atom is -0.338 e. The van der Waals surface area contributed by atoms with Gasteiger partial charge in [-0.15, -0.1) is 0 Å². The van der Waals surface area contributed by atoms with Crippen molar-refractivity contribution < 1.29 is 18.4 Å². The molecule has 0 unspecified atom stereocenters. The zero-order valence-electron chi connectivity index (χ0n) is 17.2. The van der Waals surface area contributed by atoms with Gasteiger partial charge in [-0.3, -0.25) is 14.3 Å². The molecule has 160 valence electrons. The summed E-state index contributed by atoms with van der Waals surface area (Å²) in [5.41, 5.74) is 2.20. The third-order valence-corrected chi connectivity index (χ3v) is 5.66. The molecule has 1 saturated carbocycles. The van der Waals surface area contributed by atoms with Gasteiger partial charge in [0.25, 0.3) is 11.8 Å². The summed E-state index contributed by atoms with van der Waals surface area (Å²) in [6, 6.07) is 7.07. The molecule has 0 spiro atoms. The highest BCUT2D eigenvalue weighted by atomic mass is 19.3. The zero-order chi connectivity index (χ0) is 21.5. The maximum Gasteiger partial charge on any atom is 0.254 e. The summed E-state index contributed by atoms with van der Waals surface area (Å²) >= 11 is 0. The second-order valence-corrected chi connectivity index (χ2v) is 8.45. The fourth-order valence-corrected chi connectivity index (χ4v) is 3.59. The molecular formula is C22H26F2N4O2. The van der Waals surface area contributed by atoms with Gasteiger partial charge in [0.05, 0.1) is 5.69 Å². The number of aromatic nitrogens is 2. The van der Waals surface area contributed by atoms with E-state index in [4.69, 9.17) is 0 Å². The molecule has 30 heavy (non-hydrogen) atoms. The molecule has 2 heterocycles. The van der Waals surface area contributed by atoms with Crippen molar-refractivity contribution in [3.05, 3.63) is 36.0 Å². The van der Waals surface area contributed by atoms with Crippen LogP contribution in [0.5, 0.6) is 0 Å². The number of halogens is 2. The van der Waals surface area contributed by atoms with Crippen LogP contribution in [0.2, 0.25) is 0 Å². The summed E-state index contributed by atoms with van der Waals surface area (Å²) in [7, 11) is 0. The quantitative estimate of drug-likeness (QED) is 0.788. The highest BCUT2D eigenvalue weighted by Gasteiger charge is 2.36. The number of alkyl halides is 2. The van der Waals surface area contributed by atoms with E-state index in [1.807, 2.05) is 26.1 Å². The van der Waals surface area contributed by atoms with Gasteiger partial charge in [0.2, 0.25) is 5.91 Å². The number of nitrogens with one attached hydrogen (secondary N) is 1. The van der Waals surface area contributed by atoms with Crippen LogP contribution in [0.1, 0.15) is 55.9 Å². The lowest BCUT2D eigenvalue weighted by molar-refractivity contribution is -0.117. The lowest BCUT2D eigenvalue weighted by atomic mass is 10.00. The number of hydrogen-bond donors (Lipinski definition) is 1. The Morgan fingerprint density at radius 1 is 1.17 bits per heavy atom. The second kappa shape index (κ2) is 7.81. The Morgan fingerprint density at radius 2 is 1.87 bits per heavy atom. The molecule has 6 nitrogen and oxygen atoms in total. The van der Waals surface area contributed by atoms with Crippen molar-refractivity contribution >= 4 is 17.5 Å². The van der Waals surface area contributed by atoms with Crippen LogP contribution >= 0.6 is 0 Å². The van der Waals surface area contributed by atoms with Gasteiger partial charge >= 0.3 is 0 Å². The molecule has 1 saturated heterocycles. The Hall–Kier alpha value is -2.77. The van der Waals surface area contributed by atoms with Gasteiger partial charge in [-0.1, -0.05) is 0 Å². The van der Waals surface area contributed by atoms with E-state index >= 15 is 0 Å². The van der Waals surface area contributed by atoms with Crippen molar-refractivity contribution in [2.24, 2.45) is 5.92 Å². The maximum absolute atomic E-state index is 13.5. The highest BCUT2D eigenvalue weighted by molar-refractivity contribution is 6.02. The molecule has 4 rings (SSSR count). The topological polar surface area (TPSA) is 67.2 Å². The molecule has 2 fully saturated rings. The molecule has 2 aliphatic rings. The van der Waals surface area contributed by atoms with E-state index in [-0.39, 0.29) is 49.7 Å². The van der Waals surface area contributed by atoms with Crippen molar-refractivity contribution in [2.45, 2.75) is 51.5 Å². The standard InChI is InChI=1S/C22H26F2N4O2/c1-14(2)28-10-7-19(26-28)18-13-16(25-20(29)15-3-4-15)5-6-17(18)21(30)27-11-8-22(23,24)9-12-27/h5-7,10,13-15H,3-4,8-9,11-12H2,1-2H3,(H,25,29). The zero-order valence-corrected chi connectivity index (χ0v) is 17.2. The lowest BCUT2D eigenvalue weighted by Crippen LogP contribution is -2.42. The van der Waals surface area contributed by atoms with E-state index in [9.17, 15) is 18.4 Å².